The van der Waals surface area contributed by atoms with Gasteiger partial charge >= 0.3 is 0 Å². The van der Waals surface area contributed by atoms with Crippen molar-refractivity contribution in [3.8, 4) is 11.5 Å². The predicted octanol–water partition coefficient (Wildman–Crippen LogP) is 2.98. The maximum atomic E-state index is 9.70. The summed E-state index contributed by atoms with van der Waals surface area (Å²) in [4.78, 5) is 0. The third-order valence-corrected chi connectivity index (χ3v) is 4.44. The molecule has 2 atom stereocenters. The van der Waals surface area contributed by atoms with Crippen molar-refractivity contribution in [2.45, 2.75) is 31.5 Å². The first-order chi connectivity index (χ1) is 11.3. The quantitative estimate of drug-likeness (QED) is 0.794. The van der Waals surface area contributed by atoms with Crippen LogP contribution >= 0.6 is 0 Å². The van der Waals surface area contributed by atoms with Crippen LogP contribution in [0.25, 0.3) is 0 Å². The van der Waals surface area contributed by atoms with E-state index >= 15 is 0 Å². The van der Waals surface area contributed by atoms with Gasteiger partial charge in [0.25, 0.3) is 0 Å². The van der Waals surface area contributed by atoms with Gasteiger partial charge in [0.2, 0.25) is 0 Å². The van der Waals surface area contributed by atoms with Crippen LogP contribution in [0.2, 0.25) is 0 Å². The summed E-state index contributed by atoms with van der Waals surface area (Å²) < 4.78 is 5.38. The molecule has 2 aromatic carbocycles. The molecule has 0 aromatic heterocycles. The van der Waals surface area contributed by atoms with E-state index < -0.39 is 0 Å². The Bertz CT molecular complexity index is 631. The van der Waals surface area contributed by atoms with Crippen LogP contribution in [0.1, 0.15) is 30.0 Å². The SMILES string of the molecule is COc1ccc(O)cc1CNC1CCCNC1c1ccccc1. The minimum atomic E-state index is 0.268. The maximum Gasteiger partial charge on any atom is 0.123 e. The third kappa shape index (κ3) is 3.84. The number of piperidine rings is 1. The zero-order chi connectivity index (χ0) is 16.1. The molecule has 3 rings (SSSR count). The number of phenols is 1. The van der Waals surface area contributed by atoms with Gasteiger partial charge < -0.3 is 20.5 Å². The van der Waals surface area contributed by atoms with Gasteiger partial charge in [-0.1, -0.05) is 30.3 Å². The van der Waals surface area contributed by atoms with Crippen molar-refractivity contribution < 1.29 is 9.84 Å². The fraction of sp³-hybridized carbons (Fsp3) is 0.368. The highest BCUT2D eigenvalue weighted by atomic mass is 16.5. The number of hydrogen-bond acceptors (Lipinski definition) is 4. The fourth-order valence-corrected chi connectivity index (χ4v) is 3.26. The van der Waals surface area contributed by atoms with E-state index in [0.29, 0.717) is 18.6 Å². The van der Waals surface area contributed by atoms with E-state index in [-0.39, 0.29) is 5.75 Å². The van der Waals surface area contributed by atoms with Crippen LogP contribution in [0.4, 0.5) is 0 Å². The lowest BCUT2D eigenvalue weighted by Gasteiger charge is -2.34. The smallest absolute Gasteiger partial charge is 0.123 e. The summed E-state index contributed by atoms with van der Waals surface area (Å²) in [5, 5.41) is 17.0. The van der Waals surface area contributed by atoms with Crippen molar-refractivity contribution in [3.05, 3.63) is 59.7 Å². The van der Waals surface area contributed by atoms with Gasteiger partial charge in [0.15, 0.2) is 0 Å². The summed E-state index contributed by atoms with van der Waals surface area (Å²) in [6.45, 7) is 1.72. The van der Waals surface area contributed by atoms with Gasteiger partial charge in [0.1, 0.15) is 11.5 Å². The molecule has 1 heterocycles. The topological polar surface area (TPSA) is 53.5 Å². The van der Waals surface area contributed by atoms with E-state index in [1.807, 2.05) is 6.07 Å². The number of rotatable bonds is 5. The lowest BCUT2D eigenvalue weighted by atomic mass is 9.92. The Hall–Kier alpha value is -2.04. The van der Waals surface area contributed by atoms with Gasteiger partial charge in [-0.2, -0.15) is 0 Å². The highest BCUT2D eigenvalue weighted by molar-refractivity contribution is 5.39. The molecular weight excluding hydrogens is 288 g/mol. The Kier molecular flexibility index (Phi) is 5.16. The minimum absolute atomic E-state index is 0.268. The van der Waals surface area contributed by atoms with E-state index in [4.69, 9.17) is 4.74 Å². The second-order valence-electron chi connectivity index (χ2n) is 5.97. The highest BCUT2D eigenvalue weighted by Gasteiger charge is 2.25. The monoisotopic (exact) mass is 312 g/mol. The molecular formula is C19H24N2O2. The molecule has 23 heavy (non-hydrogen) atoms. The number of benzene rings is 2. The highest BCUT2D eigenvalue weighted by Crippen LogP contribution is 2.26. The van der Waals surface area contributed by atoms with Crippen molar-refractivity contribution in [1.29, 1.82) is 0 Å². The first-order valence-electron chi connectivity index (χ1n) is 8.15. The lowest BCUT2D eigenvalue weighted by molar-refractivity contribution is 0.302. The molecule has 0 saturated carbocycles. The van der Waals surface area contributed by atoms with Crippen LogP contribution in [0.3, 0.4) is 0 Å². The summed E-state index contributed by atoms with van der Waals surface area (Å²) in [6.07, 6.45) is 2.30. The largest absolute Gasteiger partial charge is 0.508 e. The van der Waals surface area contributed by atoms with Crippen LogP contribution in [0.5, 0.6) is 11.5 Å². The first-order valence-corrected chi connectivity index (χ1v) is 8.15. The van der Waals surface area contributed by atoms with Crippen molar-refractivity contribution in [1.82, 2.24) is 10.6 Å². The van der Waals surface area contributed by atoms with Crippen LogP contribution in [0, 0.1) is 0 Å². The predicted molar refractivity (Wildman–Crippen MR) is 91.7 cm³/mol. The van der Waals surface area contributed by atoms with Gasteiger partial charge in [-0.25, -0.2) is 0 Å². The van der Waals surface area contributed by atoms with Crippen molar-refractivity contribution in [2.75, 3.05) is 13.7 Å². The molecule has 3 N–H and O–H groups in total. The van der Waals surface area contributed by atoms with Gasteiger partial charge in [-0.15, -0.1) is 0 Å². The summed E-state index contributed by atoms with van der Waals surface area (Å²) in [6, 6.07) is 16.5. The molecule has 1 aliphatic heterocycles. The summed E-state index contributed by atoms with van der Waals surface area (Å²) >= 11 is 0. The number of ether oxygens (including phenoxy) is 1. The summed E-state index contributed by atoms with van der Waals surface area (Å²) in [7, 11) is 1.66. The third-order valence-electron chi connectivity index (χ3n) is 4.44. The van der Waals surface area contributed by atoms with E-state index in [1.165, 1.54) is 5.56 Å². The van der Waals surface area contributed by atoms with Crippen molar-refractivity contribution >= 4 is 0 Å². The Morgan fingerprint density at radius 1 is 1.22 bits per heavy atom. The Labute approximate surface area is 137 Å². The standard InChI is InChI=1S/C19H24N2O2/c1-23-18-10-9-16(22)12-15(18)13-21-17-8-5-11-20-19(17)14-6-3-2-4-7-14/h2-4,6-7,9-10,12,17,19-22H,5,8,11,13H2,1H3. The Morgan fingerprint density at radius 2 is 2.04 bits per heavy atom. The molecule has 0 radical (unpaired) electrons. The second-order valence-corrected chi connectivity index (χ2v) is 5.97. The molecule has 4 heteroatoms. The normalized spacial score (nSPS) is 21.1. The van der Waals surface area contributed by atoms with E-state index in [0.717, 1.165) is 30.7 Å². The molecule has 2 aromatic rings. The molecule has 2 unspecified atom stereocenters. The number of methoxy groups -OCH3 is 1. The Morgan fingerprint density at radius 3 is 2.83 bits per heavy atom. The zero-order valence-electron chi connectivity index (χ0n) is 13.5. The van der Waals surface area contributed by atoms with E-state index in [2.05, 4.69) is 34.9 Å². The summed E-state index contributed by atoms with van der Waals surface area (Å²) in [5.74, 6) is 1.07. The van der Waals surface area contributed by atoms with Crippen LogP contribution in [0.15, 0.2) is 48.5 Å². The number of nitrogens with one attached hydrogen (secondary N) is 2. The van der Waals surface area contributed by atoms with Crippen LogP contribution in [-0.4, -0.2) is 24.8 Å². The minimum Gasteiger partial charge on any atom is -0.508 e. The molecule has 122 valence electrons. The fourth-order valence-electron chi connectivity index (χ4n) is 3.26. The molecule has 0 bridgehead atoms. The molecule has 1 saturated heterocycles. The Balaban J connectivity index is 1.72. The van der Waals surface area contributed by atoms with Crippen LogP contribution in [-0.2, 0) is 6.54 Å². The van der Waals surface area contributed by atoms with E-state index in [9.17, 15) is 5.11 Å². The van der Waals surface area contributed by atoms with Gasteiger partial charge in [0, 0.05) is 24.2 Å². The lowest BCUT2D eigenvalue weighted by Crippen LogP contribution is -2.45. The zero-order valence-corrected chi connectivity index (χ0v) is 13.5. The number of aromatic hydroxyl groups is 1. The molecule has 0 spiro atoms. The van der Waals surface area contributed by atoms with Gasteiger partial charge in [-0.3, -0.25) is 0 Å². The molecule has 0 aliphatic carbocycles. The van der Waals surface area contributed by atoms with Crippen LogP contribution < -0.4 is 15.4 Å². The first kappa shape index (κ1) is 15.8. The van der Waals surface area contributed by atoms with Gasteiger partial charge in [0.05, 0.1) is 7.11 Å². The summed E-state index contributed by atoms with van der Waals surface area (Å²) in [5.41, 5.74) is 2.29. The second kappa shape index (κ2) is 7.49. The molecule has 1 fully saturated rings. The molecule has 1 aliphatic rings. The number of hydrogen-bond donors (Lipinski definition) is 3. The van der Waals surface area contributed by atoms with E-state index in [1.54, 1.807) is 25.3 Å². The molecule has 4 nitrogen and oxygen atoms in total. The molecule has 0 amide bonds. The van der Waals surface area contributed by atoms with Crippen molar-refractivity contribution in [2.24, 2.45) is 0 Å². The number of phenolic OH excluding ortho intramolecular Hbond substituents is 1. The van der Waals surface area contributed by atoms with Gasteiger partial charge in [-0.05, 0) is 43.1 Å². The maximum absolute atomic E-state index is 9.70. The average Bonchev–Trinajstić information content (AvgIpc) is 2.61. The van der Waals surface area contributed by atoms with Crippen molar-refractivity contribution in [3.63, 3.8) is 0 Å². The average molecular weight is 312 g/mol.